The summed E-state index contributed by atoms with van der Waals surface area (Å²) in [5, 5.41) is 1.28. The molecule has 3 nitrogen and oxygen atoms in total. The molecule has 1 rings (SSSR count). The predicted molar refractivity (Wildman–Crippen MR) is 60.0 cm³/mol. The molecule has 0 amide bonds. The molecular formula is C8H11Cl2N3S. The molecule has 0 saturated carbocycles. The lowest BCUT2D eigenvalue weighted by molar-refractivity contribution is 0.640. The van der Waals surface area contributed by atoms with Gasteiger partial charge in [0, 0.05) is 5.25 Å². The molecule has 1 aromatic heterocycles. The molecule has 78 valence electrons. The highest BCUT2D eigenvalue weighted by atomic mass is 35.5. The normalized spacial score (nSPS) is 13.3. The summed E-state index contributed by atoms with van der Waals surface area (Å²) in [4.78, 5) is 11.6. The summed E-state index contributed by atoms with van der Waals surface area (Å²) >= 11 is 12.9. The Morgan fingerprint density at radius 2 is 1.50 bits per heavy atom. The van der Waals surface area contributed by atoms with E-state index in [2.05, 4.69) is 35.7 Å². The first kappa shape index (κ1) is 12.0. The molecule has 0 aromatic carbocycles. The summed E-state index contributed by atoms with van der Waals surface area (Å²) < 4.78 is 0. The molecule has 1 aromatic rings. The van der Waals surface area contributed by atoms with Crippen LogP contribution in [0, 0.1) is 5.92 Å². The van der Waals surface area contributed by atoms with E-state index in [0.717, 1.165) is 0 Å². The van der Waals surface area contributed by atoms with Gasteiger partial charge in [-0.15, -0.1) is 0 Å². The first-order valence-electron chi connectivity index (χ1n) is 4.22. The number of hydrogen-bond acceptors (Lipinski definition) is 4. The zero-order valence-electron chi connectivity index (χ0n) is 8.16. The molecule has 1 unspecified atom stereocenters. The van der Waals surface area contributed by atoms with Crippen LogP contribution in [0.4, 0.5) is 0 Å². The number of aromatic nitrogens is 3. The molecule has 1 heterocycles. The lowest BCUT2D eigenvalue weighted by Gasteiger charge is -2.13. The van der Waals surface area contributed by atoms with Crippen LogP contribution in [0.2, 0.25) is 10.6 Å². The summed E-state index contributed by atoms with van der Waals surface area (Å²) in [5.41, 5.74) is 0. The third-order valence-electron chi connectivity index (χ3n) is 1.79. The maximum absolute atomic E-state index is 5.65. The van der Waals surface area contributed by atoms with Crippen molar-refractivity contribution in [1.82, 2.24) is 15.0 Å². The number of thioether (sulfide) groups is 1. The molecule has 0 aliphatic heterocycles. The highest BCUT2D eigenvalue weighted by molar-refractivity contribution is 7.99. The van der Waals surface area contributed by atoms with Crippen LogP contribution in [0.1, 0.15) is 20.8 Å². The molecular weight excluding hydrogens is 241 g/mol. The van der Waals surface area contributed by atoms with Gasteiger partial charge in [-0.3, -0.25) is 0 Å². The minimum absolute atomic E-state index is 0.142. The largest absolute Gasteiger partial charge is 0.227 e. The van der Waals surface area contributed by atoms with Crippen molar-refractivity contribution in [3.05, 3.63) is 10.6 Å². The van der Waals surface area contributed by atoms with E-state index in [4.69, 9.17) is 23.2 Å². The van der Waals surface area contributed by atoms with Crippen molar-refractivity contribution in [1.29, 1.82) is 0 Å². The van der Waals surface area contributed by atoms with Gasteiger partial charge < -0.3 is 0 Å². The van der Waals surface area contributed by atoms with E-state index in [1.807, 2.05) is 0 Å². The number of halogens is 2. The smallest absolute Gasteiger partial charge is 0.192 e. The second kappa shape index (κ2) is 5.14. The Hall–Kier alpha value is -0.0600. The van der Waals surface area contributed by atoms with Gasteiger partial charge in [-0.2, -0.15) is 15.0 Å². The standard InChI is InChI=1S/C8H11Cl2N3S/c1-4(2)5(3)14-8-12-6(9)11-7(10)13-8/h4-5H,1-3H3. The fourth-order valence-corrected chi connectivity index (χ4v) is 2.01. The Bertz CT molecular complexity index is 299. The zero-order valence-corrected chi connectivity index (χ0v) is 10.5. The van der Waals surface area contributed by atoms with Gasteiger partial charge in [0.05, 0.1) is 0 Å². The lowest BCUT2D eigenvalue weighted by Crippen LogP contribution is -2.07. The zero-order chi connectivity index (χ0) is 10.7. The van der Waals surface area contributed by atoms with Crippen LogP contribution < -0.4 is 0 Å². The molecule has 0 saturated heterocycles. The molecule has 0 radical (unpaired) electrons. The number of rotatable bonds is 3. The van der Waals surface area contributed by atoms with Crippen LogP contribution >= 0.6 is 35.0 Å². The molecule has 1 atom stereocenters. The van der Waals surface area contributed by atoms with E-state index in [-0.39, 0.29) is 10.6 Å². The van der Waals surface area contributed by atoms with Crippen LogP contribution in [0.5, 0.6) is 0 Å². The van der Waals surface area contributed by atoms with Crippen molar-refractivity contribution in [3.63, 3.8) is 0 Å². The van der Waals surface area contributed by atoms with E-state index >= 15 is 0 Å². The van der Waals surface area contributed by atoms with Crippen LogP contribution in [0.15, 0.2) is 5.16 Å². The summed E-state index contributed by atoms with van der Waals surface area (Å²) in [6.45, 7) is 6.39. The Kier molecular flexibility index (Phi) is 4.41. The predicted octanol–water partition coefficient (Wildman–Crippen LogP) is 3.32. The van der Waals surface area contributed by atoms with Crippen LogP contribution in [-0.4, -0.2) is 20.2 Å². The highest BCUT2D eigenvalue weighted by Gasteiger charge is 2.12. The first-order chi connectivity index (χ1) is 6.49. The Labute approximate surface area is 97.6 Å². The number of hydrogen-bond donors (Lipinski definition) is 0. The van der Waals surface area contributed by atoms with E-state index < -0.39 is 0 Å². The molecule has 0 aliphatic rings. The molecule has 0 aliphatic carbocycles. The van der Waals surface area contributed by atoms with Gasteiger partial charge in [-0.05, 0) is 29.1 Å². The van der Waals surface area contributed by atoms with Gasteiger partial charge in [-0.1, -0.05) is 32.5 Å². The minimum atomic E-state index is 0.142. The average Bonchev–Trinajstić information content (AvgIpc) is 2.01. The first-order valence-corrected chi connectivity index (χ1v) is 5.86. The molecule has 0 N–H and O–H groups in total. The Morgan fingerprint density at radius 1 is 1.00 bits per heavy atom. The summed E-state index contributed by atoms with van der Waals surface area (Å²) in [5.74, 6) is 0.550. The number of nitrogens with zero attached hydrogens (tertiary/aromatic N) is 3. The molecule has 14 heavy (non-hydrogen) atoms. The molecule has 0 fully saturated rings. The van der Waals surface area contributed by atoms with E-state index in [0.29, 0.717) is 16.3 Å². The second-order valence-electron chi connectivity index (χ2n) is 3.22. The maximum Gasteiger partial charge on any atom is 0.227 e. The van der Waals surface area contributed by atoms with Gasteiger partial charge in [-0.25, -0.2) is 0 Å². The summed E-state index contributed by atoms with van der Waals surface area (Å²) in [7, 11) is 0. The van der Waals surface area contributed by atoms with Crippen molar-refractivity contribution < 1.29 is 0 Å². The van der Waals surface area contributed by atoms with E-state index in [1.54, 1.807) is 11.8 Å². The third-order valence-corrected chi connectivity index (χ3v) is 3.44. The fourth-order valence-electron chi connectivity index (χ4n) is 0.664. The van der Waals surface area contributed by atoms with Crippen molar-refractivity contribution in [2.24, 2.45) is 5.92 Å². The average molecular weight is 252 g/mol. The molecule has 6 heteroatoms. The van der Waals surface area contributed by atoms with E-state index in [1.165, 1.54) is 0 Å². The van der Waals surface area contributed by atoms with Gasteiger partial charge in [0.1, 0.15) is 0 Å². The SMILES string of the molecule is CC(C)C(C)Sc1nc(Cl)nc(Cl)n1. The monoisotopic (exact) mass is 251 g/mol. The maximum atomic E-state index is 5.65. The summed E-state index contributed by atoms with van der Waals surface area (Å²) in [6, 6.07) is 0. The second-order valence-corrected chi connectivity index (χ2v) is 5.24. The van der Waals surface area contributed by atoms with Gasteiger partial charge in [0.25, 0.3) is 0 Å². The van der Waals surface area contributed by atoms with Crippen molar-refractivity contribution in [2.45, 2.75) is 31.2 Å². The Balaban J connectivity index is 2.76. The third kappa shape index (κ3) is 3.59. The summed E-state index contributed by atoms with van der Waals surface area (Å²) in [6.07, 6.45) is 0. The topological polar surface area (TPSA) is 38.7 Å². The lowest BCUT2D eigenvalue weighted by atomic mass is 10.2. The van der Waals surface area contributed by atoms with Gasteiger partial charge in [0.15, 0.2) is 5.16 Å². The van der Waals surface area contributed by atoms with Crippen molar-refractivity contribution in [2.75, 3.05) is 0 Å². The van der Waals surface area contributed by atoms with Crippen molar-refractivity contribution in [3.8, 4) is 0 Å². The molecule has 0 bridgehead atoms. The minimum Gasteiger partial charge on any atom is -0.192 e. The fraction of sp³-hybridized carbons (Fsp3) is 0.625. The van der Waals surface area contributed by atoms with Crippen LogP contribution in [0.3, 0.4) is 0 Å². The van der Waals surface area contributed by atoms with Gasteiger partial charge >= 0.3 is 0 Å². The van der Waals surface area contributed by atoms with Gasteiger partial charge in [0.2, 0.25) is 10.6 Å². The highest BCUT2D eigenvalue weighted by Crippen LogP contribution is 2.25. The van der Waals surface area contributed by atoms with Crippen LogP contribution in [-0.2, 0) is 0 Å². The van der Waals surface area contributed by atoms with Crippen LogP contribution in [0.25, 0.3) is 0 Å². The van der Waals surface area contributed by atoms with E-state index in [9.17, 15) is 0 Å². The molecule has 0 spiro atoms. The Morgan fingerprint density at radius 3 is 1.93 bits per heavy atom. The van der Waals surface area contributed by atoms with Crippen molar-refractivity contribution >= 4 is 35.0 Å². The quantitative estimate of drug-likeness (QED) is 0.773.